The highest BCUT2D eigenvalue weighted by molar-refractivity contribution is 6.10. The first kappa shape index (κ1) is 19.9. The van der Waals surface area contributed by atoms with E-state index in [9.17, 15) is 19.5 Å². The molecule has 0 aliphatic carbocycles. The SMILES string of the molecule is Cc1oc2ccc(C(=O)N3CCCCC3)cc2c1C(=O)N[C@@](C)(CO)C(N)=O. The van der Waals surface area contributed by atoms with Gasteiger partial charge in [0.15, 0.2) is 0 Å². The number of aryl methyl sites for hydroxylation is 1. The van der Waals surface area contributed by atoms with Gasteiger partial charge in [0, 0.05) is 24.0 Å². The van der Waals surface area contributed by atoms with E-state index in [-0.39, 0.29) is 11.5 Å². The number of nitrogens with one attached hydrogen (secondary N) is 1. The number of hydrogen-bond donors (Lipinski definition) is 3. The van der Waals surface area contributed by atoms with Gasteiger partial charge in [-0.05, 0) is 51.3 Å². The molecule has 1 aliphatic heterocycles. The Morgan fingerprint density at radius 1 is 1.25 bits per heavy atom. The van der Waals surface area contributed by atoms with E-state index >= 15 is 0 Å². The van der Waals surface area contributed by atoms with Gasteiger partial charge in [-0.25, -0.2) is 0 Å². The molecule has 2 heterocycles. The first-order valence-corrected chi connectivity index (χ1v) is 9.32. The minimum absolute atomic E-state index is 0.0795. The summed E-state index contributed by atoms with van der Waals surface area (Å²) in [5.74, 6) is -1.19. The maximum atomic E-state index is 12.8. The average Bonchev–Trinajstić information content (AvgIpc) is 3.02. The Labute approximate surface area is 162 Å². The van der Waals surface area contributed by atoms with Crippen LogP contribution in [0.3, 0.4) is 0 Å². The molecule has 3 rings (SSSR count). The maximum absolute atomic E-state index is 12.8. The second-order valence-electron chi connectivity index (χ2n) is 7.41. The normalized spacial score (nSPS) is 16.6. The topological polar surface area (TPSA) is 126 Å². The molecule has 1 atom stereocenters. The summed E-state index contributed by atoms with van der Waals surface area (Å²) in [6, 6.07) is 4.99. The Morgan fingerprint density at radius 3 is 2.54 bits per heavy atom. The van der Waals surface area contributed by atoms with E-state index in [1.807, 2.05) is 4.90 Å². The highest BCUT2D eigenvalue weighted by Crippen LogP contribution is 2.28. The summed E-state index contributed by atoms with van der Waals surface area (Å²) in [5, 5.41) is 12.4. The number of fused-ring (bicyclic) bond motifs is 1. The van der Waals surface area contributed by atoms with Crippen LogP contribution in [0, 0.1) is 6.92 Å². The molecule has 28 heavy (non-hydrogen) atoms. The predicted octanol–water partition coefficient (Wildman–Crippen LogP) is 1.33. The van der Waals surface area contributed by atoms with Gasteiger partial charge < -0.3 is 25.5 Å². The number of piperidine rings is 1. The molecule has 1 fully saturated rings. The van der Waals surface area contributed by atoms with Crippen molar-refractivity contribution >= 4 is 28.7 Å². The summed E-state index contributed by atoms with van der Waals surface area (Å²) in [5.41, 5.74) is 4.84. The first-order chi connectivity index (χ1) is 13.3. The third-order valence-corrected chi connectivity index (χ3v) is 5.23. The molecule has 0 spiro atoms. The Hall–Kier alpha value is -2.87. The molecule has 3 amide bonds. The van der Waals surface area contributed by atoms with Gasteiger partial charge in [-0.2, -0.15) is 0 Å². The number of carbonyl (C=O) groups excluding carboxylic acids is 3. The highest BCUT2D eigenvalue weighted by atomic mass is 16.3. The summed E-state index contributed by atoms with van der Waals surface area (Å²) >= 11 is 0. The molecule has 1 aromatic heterocycles. The Kier molecular flexibility index (Phi) is 5.42. The number of primary amides is 1. The number of nitrogens with two attached hydrogens (primary N) is 1. The van der Waals surface area contributed by atoms with Crippen LogP contribution in [0.25, 0.3) is 11.0 Å². The van der Waals surface area contributed by atoms with E-state index in [1.165, 1.54) is 6.92 Å². The molecule has 1 aromatic carbocycles. The van der Waals surface area contributed by atoms with Crippen molar-refractivity contribution in [3.05, 3.63) is 35.1 Å². The summed E-state index contributed by atoms with van der Waals surface area (Å²) in [7, 11) is 0. The van der Waals surface area contributed by atoms with Gasteiger partial charge >= 0.3 is 0 Å². The van der Waals surface area contributed by atoms with Crippen LogP contribution in [0.5, 0.6) is 0 Å². The summed E-state index contributed by atoms with van der Waals surface area (Å²) in [4.78, 5) is 39.0. The summed E-state index contributed by atoms with van der Waals surface area (Å²) in [6.45, 7) is 3.78. The predicted molar refractivity (Wildman–Crippen MR) is 103 cm³/mol. The number of hydrogen-bond acceptors (Lipinski definition) is 5. The fourth-order valence-electron chi connectivity index (χ4n) is 3.41. The number of furan rings is 1. The molecule has 0 unspecified atom stereocenters. The molecule has 0 radical (unpaired) electrons. The van der Waals surface area contributed by atoms with Crippen LogP contribution in [0.4, 0.5) is 0 Å². The molecule has 1 saturated heterocycles. The first-order valence-electron chi connectivity index (χ1n) is 9.32. The summed E-state index contributed by atoms with van der Waals surface area (Å²) < 4.78 is 5.64. The largest absolute Gasteiger partial charge is 0.461 e. The lowest BCUT2D eigenvalue weighted by Crippen LogP contribution is -2.57. The van der Waals surface area contributed by atoms with Gasteiger partial charge in [-0.1, -0.05) is 0 Å². The van der Waals surface area contributed by atoms with Gasteiger partial charge in [0.1, 0.15) is 16.9 Å². The Balaban J connectivity index is 1.96. The van der Waals surface area contributed by atoms with Crippen molar-refractivity contribution in [3.63, 3.8) is 0 Å². The zero-order valence-electron chi connectivity index (χ0n) is 16.1. The second kappa shape index (κ2) is 7.63. The van der Waals surface area contributed by atoms with E-state index in [0.717, 1.165) is 32.4 Å². The number of aliphatic hydroxyl groups excluding tert-OH is 1. The molecule has 1 aliphatic rings. The number of carbonyl (C=O) groups is 3. The smallest absolute Gasteiger partial charge is 0.256 e. The molecular weight excluding hydrogens is 362 g/mol. The van der Waals surface area contributed by atoms with Crippen LogP contribution in [-0.2, 0) is 4.79 Å². The van der Waals surface area contributed by atoms with Crippen molar-refractivity contribution in [2.75, 3.05) is 19.7 Å². The van der Waals surface area contributed by atoms with Gasteiger partial charge in [-0.15, -0.1) is 0 Å². The van der Waals surface area contributed by atoms with E-state index in [0.29, 0.717) is 22.3 Å². The van der Waals surface area contributed by atoms with E-state index in [2.05, 4.69) is 5.32 Å². The van der Waals surface area contributed by atoms with Crippen molar-refractivity contribution < 1.29 is 23.9 Å². The van der Waals surface area contributed by atoms with Crippen LogP contribution >= 0.6 is 0 Å². The van der Waals surface area contributed by atoms with E-state index in [1.54, 1.807) is 25.1 Å². The molecular formula is C20H25N3O5. The lowest BCUT2D eigenvalue weighted by Gasteiger charge is -2.26. The van der Waals surface area contributed by atoms with Crippen LogP contribution in [0.2, 0.25) is 0 Å². The third-order valence-electron chi connectivity index (χ3n) is 5.23. The minimum Gasteiger partial charge on any atom is -0.461 e. The summed E-state index contributed by atoms with van der Waals surface area (Å²) in [6.07, 6.45) is 3.09. The monoisotopic (exact) mass is 387 g/mol. The fourth-order valence-corrected chi connectivity index (χ4v) is 3.41. The average molecular weight is 387 g/mol. The number of rotatable bonds is 5. The minimum atomic E-state index is -1.60. The number of amides is 3. The molecule has 2 aromatic rings. The zero-order valence-corrected chi connectivity index (χ0v) is 16.1. The van der Waals surface area contributed by atoms with Gasteiger partial charge in [0.05, 0.1) is 12.2 Å². The molecule has 0 bridgehead atoms. The van der Waals surface area contributed by atoms with E-state index in [4.69, 9.17) is 10.2 Å². The van der Waals surface area contributed by atoms with Gasteiger partial charge in [0.2, 0.25) is 5.91 Å². The number of nitrogens with zero attached hydrogens (tertiary/aromatic N) is 1. The zero-order chi connectivity index (χ0) is 20.5. The molecule has 8 nitrogen and oxygen atoms in total. The quantitative estimate of drug-likeness (QED) is 0.714. The Bertz CT molecular complexity index is 929. The Morgan fingerprint density at radius 2 is 1.93 bits per heavy atom. The number of likely N-dealkylation sites (tertiary alicyclic amines) is 1. The van der Waals surface area contributed by atoms with Crippen LogP contribution in [-0.4, -0.2) is 53.0 Å². The highest BCUT2D eigenvalue weighted by Gasteiger charge is 2.34. The van der Waals surface area contributed by atoms with Crippen molar-refractivity contribution in [3.8, 4) is 0 Å². The van der Waals surface area contributed by atoms with Crippen molar-refractivity contribution in [2.24, 2.45) is 5.73 Å². The molecule has 4 N–H and O–H groups in total. The fraction of sp³-hybridized carbons (Fsp3) is 0.450. The lowest BCUT2D eigenvalue weighted by molar-refractivity contribution is -0.124. The molecule has 150 valence electrons. The van der Waals surface area contributed by atoms with Gasteiger partial charge in [0.25, 0.3) is 11.8 Å². The number of benzene rings is 1. The second-order valence-corrected chi connectivity index (χ2v) is 7.41. The molecule has 0 saturated carbocycles. The van der Waals surface area contributed by atoms with Gasteiger partial charge in [-0.3, -0.25) is 14.4 Å². The van der Waals surface area contributed by atoms with Crippen LogP contribution in [0.1, 0.15) is 52.7 Å². The molecule has 8 heteroatoms. The standard InChI is InChI=1S/C20H25N3O5/c1-12-16(17(25)22-20(2,11-24)19(21)27)14-10-13(6-7-15(14)28-12)18(26)23-8-4-3-5-9-23/h6-7,10,24H,3-5,8-9,11H2,1-2H3,(H2,21,27)(H,22,25)/t20-/m0/s1. The number of aliphatic hydroxyl groups is 1. The van der Waals surface area contributed by atoms with Crippen molar-refractivity contribution in [2.45, 2.75) is 38.6 Å². The van der Waals surface area contributed by atoms with Crippen molar-refractivity contribution in [1.82, 2.24) is 10.2 Å². The third kappa shape index (κ3) is 3.60. The maximum Gasteiger partial charge on any atom is 0.256 e. The van der Waals surface area contributed by atoms with Crippen molar-refractivity contribution in [1.29, 1.82) is 0 Å². The van der Waals surface area contributed by atoms with E-state index < -0.39 is 24.0 Å². The lowest BCUT2D eigenvalue weighted by atomic mass is 10.0. The van der Waals surface area contributed by atoms with Crippen LogP contribution < -0.4 is 11.1 Å². The van der Waals surface area contributed by atoms with Crippen LogP contribution in [0.15, 0.2) is 22.6 Å².